The molecule has 3 saturated carbocycles. The Morgan fingerprint density at radius 1 is 1.02 bits per heavy atom. The Morgan fingerprint density at radius 2 is 1.81 bits per heavy atom. The van der Waals surface area contributed by atoms with Crippen molar-refractivity contribution in [2.75, 3.05) is 20.3 Å². The average Bonchev–Trinajstić information content (AvgIpc) is 3.48. The number of aliphatic hydroxyl groups is 4. The van der Waals surface area contributed by atoms with E-state index in [1.54, 1.807) is 7.11 Å². The molecule has 5 fully saturated rings. The van der Waals surface area contributed by atoms with E-state index in [1.165, 1.54) is 0 Å². The number of aliphatic hydroxyl groups excluding tert-OH is 4. The molecule has 9 nitrogen and oxygen atoms in total. The number of piperidine rings is 1. The maximum atomic E-state index is 14.4. The number of nitrogens with two attached hydrogens (primary N) is 2. The Labute approximate surface area is 252 Å². The zero-order valence-corrected chi connectivity index (χ0v) is 25.8. The number of carbonyl (C=O) groups is 1. The van der Waals surface area contributed by atoms with Crippen molar-refractivity contribution in [2.45, 2.75) is 146 Å². The topological polar surface area (TPSA) is 159 Å². The lowest BCUT2D eigenvalue weighted by atomic mass is 9.58. The van der Waals surface area contributed by atoms with Crippen molar-refractivity contribution in [1.82, 2.24) is 0 Å². The average molecular weight is 596 g/mol. The minimum atomic E-state index is -0.888. The van der Waals surface area contributed by atoms with E-state index in [0.717, 1.165) is 83.8 Å². The van der Waals surface area contributed by atoms with Crippen LogP contribution in [0.1, 0.15) is 103 Å². The molecule has 0 bridgehead atoms. The monoisotopic (exact) mass is 595 g/mol. The molecule has 0 radical (unpaired) electrons. The van der Waals surface area contributed by atoms with Gasteiger partial charge >= 0.3 is 0 Å². The van der Waals surface area contributed by atoms with Crippen molar-refractivity contribution in [3.8, 4) is 0 Å². The van der Waals surface area contributed by atoms with Crippen LogP contribution in [0.5, 0.6) is 0 Å². The molecular formula is C33H59N2O7+. The van der Waals surface area contributed by atoms with E-state index in [4.69, 9.17) is 15.2 Å². The third kappa shape index (κ3) is 7.09. The molecule has 5 rings (SSSR count). The van der Waals surface area contributed by atoms with Crippen molar-refractivity contribution in [2.24, 2.45) is 40.7 Å². The predicted molar refractivity (Wildman–Crippen MR) is 158 cm³/mol. The normalized spacial score (nSPS) is 42.0. The molecule has 2 saturated heterocycles. The van der Waals surface area contributed by atoms with Crippen molar-refractivity contribution in [3.05, 3.63) is 0 Å². The lowest BCUT2D eigenvalue weighted by molar-refractivity contribution is -0.700. The van der Waals surface area contributed by atoms with E-state index < -0.39 is 36.4 Å². The third-order valence-electron chi connectivity index (χ3n) is 12.3. The SMILES string of the molecule is COC1CC(CCC(=O)[C@H]([C@H](O)CCC2CCC(O)C3OCCCC23)C2(C3CC[NH2+]C(N)C3)CCCC2)CC(O)C1O. The number of rotatable bonds is 11. The standard InChI is InChI=1S/C33H58N2O7/c1-41-28-18-20(17-27(39)31(28)40)6-9-24(36)30(33(13-2-3-14-33)22-12-15-35-29(34)19-22)25(37)10-7-21-8-11-26(38)32-23(21)5-4-16-42-32/h20-23,25-32,35,37-40H,2-19,34H2,1H3/p+1/t20?,21?,22?,23?,25-,26?,27?,28?,29?,30-,31?,32?/m1/s1. The first-order chi connectivity index (χ1) is 20.2. The zero-order chi connectivity index (χ0) is 29.9. The fourth-order valence-electron chi connectivity index (χ4n) is 10.2. The van der Waals surface area contributed by atoms with Crippen molar-refractivity contribution in [3.63, 3.8) is 0 Å². The number of carbonyl (C=O) groups excluding carboxylic acids is 1. The molecule has 0 aromatic heterocycles. The summed E-state index contributed by atoms with van der Waals surface area (Å²) in [5.74, 6) is 0.944. The summed E-state index contributed by atoms with van der Waals surface area (Å²) in [6, 6.07) is 0. The Kier molecular flexibility index (Phi) is 11.4. The number of methoxy groups -OCH3 is 1. The summed E-state index contributed by atoms with van der Waals surface area (Å²) < 4.78 is 11.4. The van der Waals surface area contributed by atoms with Crippen LogP contribution in [0.3, 0.4) is 0 Å². The zero-order valence-electron chi connectivity index (χ0n) is 25.8. The summed E-state index contributed by atoms with van der Waals surface area (Å²) in [4.78, 5) is 14.4. The van der Waals surface area contributed by atoms with Crippen molar-refractivity contribution in [1.29, 1.82) is 0 Å². The van der Waals surface area contributed by atoms with Crippen LogP contribution in [0, 0.1) is 35.0 Å². The summed E-state index contributed by atoms with van der Waals surface area (Å²) >= 11 is 0. The quantitative estimate of drug-likeness (QED) is 0.210. The molecule has 9 heteroatoms. The molecule has 3 aliphatic carbocycles. The summed E-state index contributed by atoms with van der Waals surface area (Å²) in [5, 5.41) is 45.5. The number of quaternary nitrogens is 1. The van der Waals surface area contributed by atoms with Crippen LogP contribution >= 0.6 is 0 Å². The Balaban J connectivity index is 1.31. The predicted octanol–water partition coefficient (Wildman–Crippen LogP) is 1.62. The van der Waals surface area contributed by atoms with Gasteiger partial charge in [-0.2, -0.15) is 0 Å². The summed E-state index contributed by atoms with van der Waals surface area (Å²) in [5.41, 5.74) is 6.24. The van der Waals surface area contributed by atoms with E-state index in [-0.39, 0.29) is 29.4 Å². The van der Waals surface area contributed by atoms with E-state index in [0.29, 0.717) is 49.9 Å². The van der Waals surface area contributed by atoms with Gasteiger partial charge in [0.1, 0.15) is 18.1 Å². The molecule has 8 N–H and O–H groups in total. The van der Waals surface area contributed by atoms with Crippen LogP contribution in [0.25, 0.3) is 0 Å². The largest absolute Gasteiger partial charge is 0.392 e. The summed E-state index contributed by atoms with van der Waals surface area (Å²) in [6.45, 7) is 1.69. The van der Waals surface area contributed by atoms with E-state index in [9.17, 15) is 25.2 Å². The van der Waals surface area contributed by atoms with Crippen molar-refractivity contribution < 1.29 is 40.0 Å². The lowest BCUT2D eigenvalue weighted by Crippen LogP contribution is -2.95. The second-order valence-electron chi connectivity index (χ2n) is 14.7. The molecule has 242 valence electrons. The smallest absolute Gasteiger partial charge is 0.139 e. The number of Topliss-reactive ketones (excluding diaryl/α,β-unsaturated/α-hetero) is 1. The first kappa shape index (κ1) is 32.7. The molecule has 0 aromatic carbocycles. The first-order valence-corrected chi connectivity index (χ1v) is 17.2. The summed E-state index contributed by atoms with van der Waals surface area (Å²) in [6.07, 6.45) is 10.2. The van der Waals surface area contributed by atoms with Gasteiger partial charge in [0, 0.05) is 38.9 Å². The molecule has 0 aromatic rings. The second kappa shape index (κ2) is 14.6. The molecule has 0 amide bonds. The fraction of sp³-hybridized carbons (Fsp3) is 0.970. The van der Waals surface area contributed by atoms with Gasteiger partial charge in [0.25, 0.3) is 0 Å². The minimum absolute atomic E-state index is 0.0483. The van der Waals surface area contributed by atoms with Crippen LogP contribution in [0.2, 0.25) is 0 Å². The van der Waals surface area contributed by atoms with Crippen LogP contribution in [-0.4, -0.2) is 89.3 Å². The van der Waals surface area contributed by atoms with Crippen LogP contribution in [-0.2, 0) is 14.3 Å². The first-order valence-electron chi connectivity index (χ1n) is 17.2. The van der Waals surface area contributed by atoms with Crippen LogP contribution in [0.15, 0.2) is 0 Å². The number of ketones is 1. The molecule has 12 atom stereocenters. The van der Waals surface area contributed by atoms with Gasteiger partial charge in [-0.1, -0.05) is 12.8 Å². The molecule has 2 aliphatic heterocycles. The number of fused-ring (bicyclic) bond motifs is 1. The van der Waals surface area contributed by atoms with E-state index in [2.05, 4.69) is 5.32 Å². The maximum Gasteiger partial charge on any atom is 0.139 e. The highest BCUT2D eigenvalue weighted by Gasteiger charge is 2.53. The molecule has 5 aliphatic rings. The Hall–Kier alpha value is -0.650. The van der Waals surface area contributed by atoms with Gasteiger partial charge in [0.2, 0.25) is 0 Å². The molecule has 0 spiro atoms. The Bertz CT molecular complexity index is 869. The van der Waals surface area contributed by atoms with Gasteiger partial charge < -0.3 is 35.2 Å². The highest BCUT2D eigenvalue weighted by molar-refractivity contribution is 5.82. The fourth-order valence-corrected chi connectivity index (χ4v) is 10.2. The number of ether oxygens (including phenoxy) is 2. The second-order valence-corrected chi connectivity index (χ2v) is 14.7. The van der Waals surface area contributed by atoms with Gasteiger partial charge in [-0.05, 0) is 99.7 Å². The minimum Gasteiger partial charge on any atom is -0.392 e. The van der Waals surface area contributed by atoms with Gasteiger partial charge in [0.15, 0.2) is 0 Å². The number of hydrogen-bond donors (Lipinski definition) is 6. The Morgan fingerprint density at radius 3 is 2.55 bits per heavy atom. The third-order valence-corrected chi connectivity index (χ3v) is 12.3. The summed E-state index contributed by atoms with van der Waals surface area (Å²) in [7, 11) is 1.56. The van der Waals surface area contributed by atoms with Crippen LogP contribution < -0.4 is 11.1 Å². The highest BCUT2D eigenvalue weighted by atomic mass is 16.5. The molecule has 2 heterocycles. The van der Waals surface area contributed by atoms with Gasteiger partial charge in [-0.3, -0.25) is 10.5 Å². The van der Waals surface area contributed by atoms with Gasteiger partial charge in [0.05, 0.1) is 37.1 Å². The van der Waals surface area contributed by atoms with E-state index >= 15 is 0 Å². The van der Waals surface area contributed by atoms with Crippen molar-refractivity contribution >= 4 is 5.78 Å². The number of hydrogen-bond acceptors (Lipinski definition) is 8. The van der Waals surface area contributed by atoms with Crippen LogP contribution in [0.4, 0.5) is 0 Å². The highest BCUT2D eigenvalue weighted by Crippen LogP contribution is 2.55. The van der Waals surface area contributed by atoms with Gasteiger partial charge in [-0.25, -0.2) is 0 Å². The molecular weight excluding hydrogens is 536 g/mol. The maximum absolute atomic E-state index is 14.4. The van der Waals surface area contributed by atoms with E-state index in [1.807, 2.05) is 0 Å². The molecule has 42 heavy (non-hydrogen) atoms. The van der Waals surface area contributed by atoms with Gasteiger partial charge in [-0.15, -0.1) is 0 Å². The lowest BCUT2D eigenvalue weighted by Gasteiger charge is -2.48. The molecule has 10 unspecified atom stereocenters.